The van der Waals surface area contributed by atoms with E-state index in [4.69, 9.17) is 13.9 Å². The molecule has 180 valence electrons. The number of amides is 1. The summed E-state index contributed by atoms with van der Waals surface area (Å²) in [6, 6.07) is 14.3. The van der Waals surface area contributed by atoms with Gasteiger partial charge >= 0.3 is 11.6 Å². The Labute approximate surface area is 206 Å². The van der Waals surface area contributed by atoms with E-state index in [1.165, 1.54) is 17.4 Å². The van der Waals surface area contributed by atoms with Crippen LogP contribution in [0.2, 0.25) is 0 Å². The van der Waals surface area contributed by atoms with Crippen LogP contribution in [0.5, 0.6) is 5.75 Å². The number of nitrogens with one attached hydrogen (secondary N) is 1. The van der Waals surface area contributed by atoms with Crippen molar-refractivity contribution in [1.29, 1.82) is 0 Å². The molecule has 1 unspecified atom stereocenters. The zero-order valence-corrected chi connectivity index (χ0v) is 20.7. The van der Waals surface area contributed by atoms with E-state index >= 15 is 0 Å². The number of thiophene rings is 1. The van der Waals surface area contributed by atoms with Crippen LogP contribution in [0.3, 0.4) is 0 Å². The first kappa shape index (κ1) is 24.2. The molecule has 7 nitrogen and oxygen atoms in total. The molecular weight excluding hydrogens is 466 g/mol. The van der Waals surface area contributed by atoms with Crippen LogP contribution in [-0.2, 0) is 9.53 Å². The smallest absolute Gasteiger partial charge is 0.341 e. The Morgan fingerprint density at radius 1 is 1.09 bits per heavy atom. The SMILES string of the molecule is CCOC(=O)c1c(-c2ccc(C)cc2)csc1NC(=O)C(C)Oc1ccc2c(C)cc(=O)oc2c1. The molecule has 35 heavy (non-hydrogen) atoms. The van der Waals surface area contributed by atoms with E-state index in [0.29, 0.717) is 27.5 Å². The van der Waals surface area contributed by atoms with Gasteiger partial charge in [0.25, 0.3) is 5.91 Å². The largest absolute Gasteiger partial charge is 0.481 e. The van der Waals surface area contributed by atoms with Crippen molar-refractivity contribution in [2.75, 3.05) is 11.9 Å². The van der Waals surface area contributed by atoms with Gasteiger partial charge in [-0.1, -0.05) is 29.8 Å². The highest BCUT2D eigenvalue weighted by Gasteiger charge is 2.25. The lowest BCUT2D eigenvalue weighted by atomic mass is 10.0. The first-order valence-electron chi connectivity index (χ1n) is 11.1. The number of carbonyl (C=O) groups is 2. The standard InChI is InChI=1S/C27H25NO6S/c1-5-32-27(31)24-21(18-8-6-15(2)7-9-18)14-35-26(24)28-25(30)17(4)33-19-10-11-20-16(3)12-23(29)34-22(20)13-19/h6-14,17H,5H2,1-4H3,(H,28,30). The maximum Gasteiger partial charge on any atom is 0.341 e. The average Bonchev–Trinajstić information content (AvgIpc) is 3.22. The monoisotopic (exact) mass is 491 g/mol. The molecule has 1 atom stereocenters. The highest BCUT2D eigenvalue weighted by molar-refractivity contribution is 7.15. The van der Waals surface area contributed by atoms with Crippen molar-refractivity contribution in [3.8, 4) is 16.9 Å². The van der Waals surface area contributed by atoms with E-state index in [1.54, 1.807) is 32.0 Å². The molecule has 0 bridgehead atoms. The maximum absolute atomic E-state index is 13.0. The van der Waals surface area contributed by atoms with Crippen molar-refractivity contribution in [3.05, 3.63) is 81.0 Å². The van der Waals surface area contributed by atoms with Gasteiger partial charge in [0.15, 0.2) is 6.10 Å². The molecule has 0 saturated heterocycles. The van der Waals surface area contributed by atoms with E-state index in [2.05, 4.69) is 5.32 Å². The van der Waals surface area contributed by atoms with E-state index in [1.807, 2.05) is 43.5 Å². The lowest BCUT2D eigenvalue weighted by molar-refractivity contribution is -0.122. The summed E-state index contributed by atoms with van der Waals surface area (Å²) >= 11 is 1.25. The van der Waals surface area contributed by atoms with Crippen LogP contribution in [-0.4, -0.2) is 24.6 Å². The number of hydrogen-bond acceptors (Lipinski definition) is 7. The van der Waals surface area contributed by atoms with Gasteiger partial charge in [0.05, 0.1) is 6.61 Å². The van der Waals surface area contributed by atoms with E-state index < -0.39 is 23.6 Å². The second-order valence-corrected chi connectivity index (χ2v) is 8.98. The Morgan fingerprint density at radius 3 is 2.54 bits per heavy atom. The molecule has 2 aromatic carbocycles. The van der Waals surface area contributed by atoms with Crippen molar-refractivity contribution in [3.63, 3.8) is 0 Å². The summed E-state index contributed by atoms with van der Waals surface area (Å²) in [5.74, 6) is -0.558. The normalized spacial score (nSPS) is 11.8. The number of ether oxygens (including phenoxy) is 2. The predicted octanol–water partition coefficient (Wildman–Crippen LogP) is 5.72. The van der Waals surface area contributed by atoms with Crippen molar-refractivity contribution in [2.24, 2.45) is 0 Å². The number of fused-ring (bicyclic) bond motifs is 1. The fraction of sp³-hybridized carbons (Fsp3) is 0.222. The van der Waals surface area contributed by atoms with Crippen LogP contribution in [0.25, 0.3) is 22.1 Å². The predicted molar refractivity (Wildman–Crippen MR) is 136 cm³/mol. The van der Waals surface area contributed by atoms with Crippen molar-refractivity contribution >= 4 is 39.2 Å². The molecule has 4 rings (SSSR count). The number of anilines is 1. The molecule has 0 aliphatic carbocycles. The van der Waals surface area contributed by atoms with Gasteiger partial charge in [-0.05, 0) is 51.0 Å². The Hall–Kier alpha value is -3.91. The van der Waals surface area contributed by atoms with E-state index in [0.717, 1.165) is 22.1 Å². The van der Waals surface area contributed by atoms with Crippen molar-refractivity contribution in [1.82, 2.24) is 0 Å². The second-order valence-electron chi connectivity index (χ2n) is 8.10. The molecule has 0 radical (unpaired) electrons. The number of carbonyl (C=O) groups excluding carboxylic acids is 2. The van der Waals surface area contributed by atoms with Gasteiger partial charge in [0, 0.05) is 28.5 Å². The lowest BCUT2D eigenvalue weighted by Gasteiger charge is -2.15. The van der Waals surface area contributed by atoms with Crippen molar-refractivity contribution in [2.45, 2.75) is 33.8 Å². The van der Waals surface area contributed by atoms with Crippen LogP contribution in [0.1, 0.15) is 35.3 Å². The first-order chi connectivity index (χ1) is 16.8. The molecule has 1 N–H and O–H groups in total. The molecule has 2 aromatic heterocycles. The molecule has 0 saturated carbocycles. The molecule has 0 fully saturated rings. The van der Waals surface area contributed by atoms with Crippen LogP contribution >= 0.6 is 11.3 Å². The van der Waals surface area contributed by atoms with Gasteiger partial charge < -0.3 is 19.2 Å². The van der Waals surface area contributed by atoms with E-state index in [9.17, 15) is 14.4 Å². The van der Waals surface area contributed by atoms with Gasteiger partial charge in [0.1, 0.15) is 21.9 Å². The summed E-state index contributed by atoms with van der Waals surface area (Å²) in [5, 5.41) is 5.81. The Bertz CT molecular complexity index is 1450. The fourth-order valence-electron chi connectivity index (χ4n) is 3.65. The summed E-state index contributed by atoms with van der Waals surface area (Å²) in [5.41, 5.74) is 3.68. The summed E-state index contributed by atoms with van der Waals surface area (Å²) < 4.78 is 16.3. The quantitative estimate of drug-likeness (QED) is 0.262. The third kappa shape index (κ3) is 5.27. The number of benzene rings is 2. The third-order valence-corrected chi connectivity index (χ3v) is 6.37. The highest BCUT2D eigenvalue weighted by Crippen LogP contribution is 2.36. The molecule has 0 aliphatic heterocycles. The van der Waals surface area contributed by atoms with E-state index in [-0.39, 0.29) is 6.61 Å². The zero-order valence-electron chi connectivity index (χ0n) is 19.8. The van der Waals surface area contributed by atoms with Crippen molar-refractivity contribution < 1.29 is 23.5 Å². The molecule has 2 heterocycles. The summed E-state index contributed by atoms with van der Waals surface area (Å²) in [6.07, 6.45) is -0.885. The summed E-state index contributed by atoms with van der Waals surface area (Å²) in [7, 11) is 0. The molecular formula is C27H25NO6S. The number of aryl methyl sites for hydroxylation is 2. The van der Waals surface area contributed by atoms with Gasteiger partial charge in [-0.2, -0.15) is 0 Å². The zero-order chi connectivity index (χ0) is 25.1. The number of esters is 1. The number of rotatable bonds is 7. The molecule has 0 spiro atoms. The van der Waals surface area contributed by atoms with Crippen LogP contribution in [0, 0.1) is 13.8 Å². The summed E-state index contributed by atoms with van der Waals surface area (Å²) in [4.78, 5) is 37.4. The second kappa shape index (κ2) is 10.1. The van der Waals surface area contributed by atoms with Crippen LogP contribution in [0.15, 0.2) is 63.1 Å². The topological polar surface area (TPSA) is 94.8 Å². The van der Waals surface area contributed by atoms with Gasteiger partial charge in [0.2, 0.25) is 0 Å². The average molecular weight is 492 g/mol. The Kier molecular flexibility index (Phi) is 7.02. The highest BCUT2D eigenvalue weighted by atomic mass is 32.1. The molecule has 0 aliphatic rings. The minimum atomic E-state index is -0.885. The van der Waals surface area contributed by atoms with Gasteiger partial charge in [-0.15, -0.1) is 11.3 Å². The molecule has 4 aromatic rings. The minimum absolute atomic E-state index is 0.215. The van der Waals surface area contributed by atoms with Gasteiger partial charge in [-0.3, -0.25) is 4.79 Å². The third-order valence-electron chi connectivity index (χ3n) is 5.47. The first-order valence-corrected chi connectivity index (χ1v) is 12.0. The summed E-state index contributed by atoms with van der Waals surface area (Å²) in [6.45, 7) is 7.36. The maximum atomic E-state index is 13.0. The number of hydrogen-bond donors (Lipinski definition) is 1. The minimum Gasteiger partial charge on any atom is -0.481 e. The van der Waals surface area contributed by atoms with Crippen LogP contribution < -0.4 is 15.7 Å². The Morgan fingerprint density at radius 2 is 1.83 bits per heavy atom. The fourth-order valence-corrected chi connectivity index (χ4v) is 4.61. The van der Waals surface area contributed by atoms with Crippen LogP contribution in [0.4, 0.5) is 5.00 Å². The molecule has 8 heteroatoms. The molecule has 1 amide bonds. The Balaban J connectivity index is 1.57. The lowest BCUT2D eigenvalue weighted by Crippen LogP contribution is -2.30. The van der Waals surface area contributed by atoms with Gasteiger partial charge in [-0.25, -0.2) is 9.59 Å².